The fraction of sp³-hybridized carbons (Fsp3) is 0.350. The standard InChI is InChI=1S/C20H26N2O3/c1-14(2)20(23)22-17-8-6-16(7-9-17)21-12-11-15-5-10-18(24-3)19(13-15)25-4/h5-10,13-14,21H,11-12H2,1-4H3,(H,22,23). The van der Waals surface area contributed by atoms with Crippen molar-refractivity contribution in [1.82, 2.24) is 0 Å². The van der Waals surface area contributed by atoms with Crippen molar-refractivity contribution in [2.45, 2.75) is 20.3 Å². The van der Waals surface area contributed by atoms with Crippen molar-refractivity contribution < 1.29 is 14.3 Å². The van der Waals surface area contributed by atoms with E-state index in [0.29, 0.717) is 0 Å². The first kappa shape index (κ1) is 18.6. The molecule has 0 radical (unpaired) electrons. The highest BCUT2D eigenvalue weighted by Gasteiger charge is 2.07. The van der Waals surface area contributed by atoms with Crippen LogP contribution in [-0.4, -0.2) is 26.7 Å². The highest BCUT2D eigenvalue weighted by Crippen LogP contribution is 2.27. The number of ether oxygens (including phenoxy) is 2. The van der Waals surface area contributed by atoms with Gasteiger partial charge in [0.15, 0.2) is 11.5 Å². The van der Waals surface area contributed by atoms with Crippen LogP contribution in [0.2, 0.25) is 0 Å². The van der Waals surface area contributed by atoms with E-state index < -0.39 is 0 Å². The number of methoxy groups -OCH3 is 2. The van der Waals surface area contributed by atoms with Crippen LogP contribution in [-0.2, 0) is 11.2 Å². The molecular formula is C20H26N2O3. The topological polar surface area (TPSA) is 59.6 Å². The first-order chi connectivity index (χ1) is 12.0. The predicted octanol–water partition coefficient (Wildman–Crippen LogP) is 3.95. The summed E-state index contributed by atoms with van der Waals surface area (Å²) in [6.07, 6.45) is 0.867. The molecule has 0 heterocycles. The van der Waals surface area contributed by atoms with Gasteiger partial charge >= 0.3 is 0 Å². The molecule has 0 saturated heterocycles. The first-order valence-corrected chi connectivity index (χ1v) is 8.39. The molecule has 25 heavy (non-hydrogen) atoms. The van der Waals surface area contributed by atoms with Gasteiger partial charge in [-0.3, -0.25) is 4.79 Å². The second-order valence-corrected chi connectivity index (χ2v) is 6.09. The maximum atomic E-state index is 11.7. The molecule has 0 atom stereocenters. The molecule has 1 amide bonds. The van der Waals surface area contributed by atoms with Crippen LogP contribution >= 0.6 is 0 Å². The summed E-state index contributed by atoms with van der Waals surface area (Å²) >= 11 is 0. The quantitative estimate of drug-likeness (QED) is 0.762. The molecule has 0 aliphatic rings. The van der Waals surface area contributed by atoms with Gasteiger partial charge in [-0.25, -0.2) is 0 Å². The summed E-state index contributed by atoms with van der Waals surface area (Å²) in [6, 6.07) is 13.7. The zero-order valence-electron chi connectivity index (χ0n) is 15.3. The maximum absolute atomic E-state index is 11.7. The summed E-state index contributed by atoms with van der Waals surface area (Å²) in [7, 11) is 3.27. The Balaban J connectivity index is 1.86. The Kier molecular flexibility index (Phi) is 6.69. The molecule has 5 heteroatoms. The predicted molar refractivity (Wildman–Crippen MR) is 102 cm³/mol. The van der Waals surface area contributed by atoms with Crippen LogP contribution in [0.1, 0.15) is 19.4 Å². The van der Waals surface area contributed by atoms with Gasteiger partial charge in [-0.15, -0.1) is 0 Å². The number of carbonyl (C=O) groups excluding carboxylic acids is 1. The highest BCUT2D eigenvalue weighted by atomic mass is 16.5. The van der Waals surface area contributed by atoms with Gasteiger partial charge in [0.25, 0.3) is 0 Å². The Labute approximate surface area is 149 Å². The van der Waals surface area contributed by atoms with Crippen LogP contribution in [0.5, 0.6) is 11.5 Å². The Bertz CT molecular complexity index is 697. The van der Waals surface area contributed by atoms with E-state index >= 15 is 0 Å². The van der Waals surface area contributed by atoms with Crippen molar-refractivity contribution in [3.05, 3.63) is 48.0 Å². The largest absolute Gasteiger partial charge is 0.493 e. The third-order valence-electron chi connectivity index (χ3n) is 3.87. The van der Waals surface area contributed by atoms with Gasteiger partial charge in [0.1, 0.15) is 0 Å². The molecule has 0 aliphatic carbocycles. The summed E-state index contributed by atoms with van der Waals surface area (Å²) in [5.41, 5.74) is 3.00. The summed E-state index contributed by atoms with van der Waals surface area (Å²) in [5.74, 6) is 1.47. The van der Waals surface area contributed by atoms with Gasteiger partial charge in [0.05, 0.1) is 14.2 Å². The van der Waals surface area contributed by atoms with E-state index in [2.05, 4.69) is 10.6 Å². The lowest BCUT2D eigenvalue weighted by molar-refractivity contribution is -0.118. The average molecular weight is 342 g/mol. The van der Waals surface area contributed by atoms with Crippen LogP contribution in [0.15, 0.2) is 42.5 Å². The molecule has 2 N–H and O–H groups in total. The third-order valence-corrected chi connectivity index (χ3v) is 3.87. The van der Waals surface area contributed by atoms with Gasteiger partial charge in [0, 0.05) is 23.8 Å². The van der Waals surface area contributed by atoms with Gasteiger partial charge < -0.3 is 20.1 Å². The molecule has 0 saturated carbocycles. The molecule has 0 fully saturated rings. The van der Waals surface area contributed by atoms with Crippen molar-refractivity contribution in [3.8, 4) is 11.5 Å². The monoisotopic (exact) mass is 342 g/mol. The number of carbonyl (C=O) groups is 1. The molecular weight excluding hydrogens is 316 g/mol. The zero-order chi connectivity index (χ0) is 18.2. The Morgan fingerprint density at radius 3 is 2.20 bits per heavy atom. The molecule has 0 spiro atoms. The van der Waals surface area contributed by atoms with Crippen molar-refractivity contribution in [1.29, 1.82) is 0 Å². The van der Waals surface area contributed by atoms with Gasteiger partial charge in [0.2, 0.25) is 5.91 Å². The molecule has 2 aromatic carbocycles. The van der Waals surface area contributed by atoms with Crippen LogP contribution in [0.3, 0.4) is 0 Å². The Hall–Kier alpha value is -2.69. The third kappa shape index (κ3) is 5.41. The molecule has 2 rings (SSSR count). The Morgan fingerprint density at radius 1 is 0.960 bits per heavy atom. The fourth-order valence-electron chi connectivity index (χ4n) is 2.35. The smallest absolute Gasteiger partial charge is 0.226 e. The van der Waals surface area contributed by atoms with Crippen molar-refractivity contribution in [2.75, 3.05) is 31.4 Å². The van der Waals surface area contributed by atoms with E-state index in [4.69, 9.17) is 9.47 Å². The molecule has 5 nitrogen and oxygen atoms in total. The molecule has 134 valence electrons. The van der Waals surface area contributed by atoms with Crippen LogP contribution < -0.4 is 20.1 Å². The van der Waals surface area contributed by atoms with E-state index in [0.717, 1.165) is 35.8 Å². The number of nitrogens with one attached hydrogen (secondary N) is 2. The summed E-state index contributed by atoms with van der Waals surface area (Å²) in [4.78, 5) is 11.7. The maximum Gasteiger partial charge on any atom is 0.226 e. The van der Waals surface area contributed by atoms with E-state index in [-0.39, 0.29) is 11.8 Å². The number of hydrogen-bond donors (Lipinski definition) is 2. The first-order valence-electron chi connectivity index (χ1n) is 8.39. The normalized spacial score (nSPS) is 10.4. The minimum Gasteiger partial charge on any atom is -0.493 e. The lowest BCUT2D eigenvalue weighted by Gasteiger charge is -2.11. The molecule has 0 bridgehead atoms. The highest BCUT2D eigenvalue weighted by molar-refractivity contribution is 5.92. The van der Waals surface area contributed by atoms with E-state index in [1.165, 1.54) is 5.56 Å². The van der Waals surface area contributed by atoms with Crippen LogP contribution in [0, 0.1) is 5.92 Å². The lowest BCUT2D eigenvalue weighted by Crippen LogP contribution is -2.17. The Morgan fingerprint density at radius 2 is 1.60 bits per heavy atom. The van der Waals surface area contributed by atoms with E-state index in [1.807, 2.05) is 56.3 Å². The van der Waals surface area contributed by atoms with E-state index in [9.17, 15) is 4.79 Å². The van der Waals surface area contributed by atoms with Crippen LogP contribution in [0.25, 0.3) is 0 Å². The van der Waals surface area contributed by atoms with E-state index in [1.54, 1.807) is 14.2 Å². The molecule has 0 unspecified atom stereocenters. The zero-order valence-corrected chi connectivity index (χ0v) is 15.3. The van der Waals surface area contributed by atoms with Gasteiger partial charge in [-0.1, -0.05) is 19.9 Å². The SMILES string of the molecule is COc1ccc(CCNc2ccc(NC(=O)C(C)C)cc2)cc1OC. The average Bonchev–Trinajstić information content (AvgIpc) is 2.62. The second kappa shape index (κ2) is 8.97. The molecule has 0 aliphatic heterocycles. The molecule has 2 aromatic rings. The van der Waals surface area contributed by atoms with Crippen molar-refractivity contribution >= 4 is 17.3 Å². The van der Waals surface area contributed by atoms with Crippen molar-refractivity contribution in [2.24, 2.45) is 5.92 Å². The summed E-state index contributed by atoms with van der Waals surface area (Å²) in [6.45, 7) is 4.55. The summed E-state index contributed by atoms with van der Waals surface area (Å²) in [5, 5.41) is 6.26. The second-order valence-electron chi connectivity index (χ2n) is 6.09. The number of rotatable bonds is 8. The van der Waals surface area contributed by atoms with Gasteiger partial charge in [-0.05, 0) is 48.4 Å². The minimum absolute atomic E-state index is 0.0224. The fourth-order valence-corrected chi connectivity index (χ4v) is 2.35. The van der Waals surface area contributed by atoms with Crippen molar-refractivity contribution in [3.63, 3.8) is 0 Å². The summed E-state index contributed by atoms with van der Waals surface area (Å²) < 4.78 is 10.6. The van der Waals surface area contributed by atoms with Gasteiger partial charge in [-0.2, -0.15) is 0 Å². The number of amides is 1. The lowest BCUT2D eigenvalue weighted by atomic mass is 10.1. The minimum atomic E-state index is -0.0284. The number of hydrogen-bond acceptors (Lipinski definition) is 4. The molecule has 0 aromatic heterocycles. The number of anilines is 2. The number of benzene rings is 2. The van der Waals surface area contributed by atoms with Crippen LogP contribution in [0.4, 0.5) is 11.4 Å².